The molecular formula is C20H24IN3O6S2. The highest BCUT2D eigenvalue weighted by molar-refractivity contribution is 14.1. The fourth-order valence-corrected chi connectivity index (χ4v) is 6.12. The van der Waals surface area contributed by atoms with Crippen LogP contribution in [0.15, 0.2) is 47.4 Å². The number of sulfonamides is 2. The molecule has 174 valence electrons. The Morgan fingerprint density at radius 1 is 1.09 bits per heavy atom. The number of ether oxygens (including phenoxy) is 1. The molecule has 32 heavy (non-hydrogen) atoms. The molecule has 0 aliphatic carbocycles. The van der Waals surface area contributed by atoms with Crippen molar-refractivity contribution in [2.45, 2.75) is 11.8 Å². The molecule has 1 N–H and O–H groups in total. The van der Waals surface area contributed by atoms with E-state index < -0.39 is 32.5 Å². The number of amides is 1. The van der Waals surface area contributed by atoms with Gasteiger partial charge in [0.15, 0.2) is 0 Å². The summed E-state index contributed by atoms with van der Waals surface area (Å²) in [5, 5.41) is 2.73. The van der Waals surface area contributed by atoms with E-state index in [4.69, 9.17) is 4.74 Å². The van der Waals surface area contributed by atoms with Gasteiger partial charge in [-0.05, 0) is 77.5 Å². The Kier molecular flexibility index (Phi) is 7.81. The summed E-state index contributed by atoms with van der Waals surface area (Å²) in [6.45, 7) is 2.58. The number of anilines is 2. The van der Waals surface area contributed by atoms with E-state index in [1.165, 1.54) is 28.6 Å². The number of hydrogen-bond donors (Lipinski definition) is 1. The fraction of sp³-hybridized carbons (Fsp3) is 0.350. The van der Waals surface area contributed by atoms with Crippen LogP contribution in [-0.4, -0.2) is 66.2 Å². The molecular weight excluding hydrogens is 569 g/mol. The molecule has 2 aromatic rings. The molecule has 1 fully saturated rings. The topological polar surface area (TPSA) is 113 Å². The van der Waals surface area contributed by atoms with Gasteiger partial charge in [0, 0.05) is 22.3 Å². The molecule has 1 heterocycles. The van der Waals surface area contributed by atoms with Gasteiger partial charge >= 0.3 is 0 Å². The van der Waals surface area contributed by atoms with Crippen molar-refractivity contribution < 1.29 is 26.4 Å². The number of rotatable bonds is 7. The molecule has 0 bridgehead atoms. The second kappa shape index (κ2) is 10.0. The third kappa shape index (κ3) is 5.98. The highest BCUT2D eigenvalue weighted by atomic mass is 127. The molecule has 0 radical (unpaired) electrons. The van der Waals surface area contributed by atoms with Crippen LogP contribution in [0.4, 0.5) is 11.4 Å². The number of carbonyl (C=O) groups excluding carboxylic acids is 1. The van der Waals surface area contributed by atoms with Gasteiger partial charge in [-0.15, -0.1) is 0 Å². The van der Waals surface area contributed by atoms with Crippen LogP contribution in [0.5, 0.6) is 0 Å². The summed E-state index contributed by atoms with van der Waals surface area (Å²) in [4.78, 5) is 12.6. The van der Waals surface area contributed by atoms with Crippen molar-refractivity contribution in [3.63, 3.8) is 0 Å². The molecule has 1 aliphatic heterocycles. The molecule has 0 saturated carbocycles. The largest absolute Gasteiger partial charge is 0.379 e. The van der Waals surface area contributed by atoms with Crippen molar-refractivity contribution in [1.29, 1.82) is 0 Å². The van der Waals surface area contributed by atoms with Crippen molar-refractivity contribution in [1.82, 2.24) is 4.31 Å². The maximum Gasteiger partial charge on any atom is 0.245 e. The lowest BCUT2D eigenvalue weighted by Crippen LogP contribution is -2.40. The van der Waals surface area contributed by atoms with Crippen LogP contribution in [0.25, 0.3) is 0 Å². The van der Waals surface area contributed by atoms with Crippen LogP contribution in [0.2, 0.25) is 0 Å². The van der Waals surface area contributed by atoms with Gasteiger partial charge in [-0.3, -0.25) is 9.10 Å². The molecule has 1 aliphatic rings. The molecule has 0 atom stereocenters. The van der Waals surface area contributed by atoms with Crippen LogP contribution in [0.1, 0.15) is 5.56 Å². The minimum Gasteiger partial charge on any atom is -0.379 e. The summed E-state index contributed by atoms with van der Waals surface area (Å²) >= 11 is 2.16. The van der Waals surface area contributed by atoms with Gasteiger partial charge in [-0.1, -0.05) is 0 Å². The van der Waals surface area contributed by atoms with Crippen LogP contribution < -0.4 is 9.62 Å². The predicted molar refractivity (Wildman–Crippen MR) is 131 cm³/mol. The van der Waals surface area contributed by atoms with Crippen molar-refractivity contribution >= 4 is 59.9 Å². The van der Waals surface area contributed by atoms with Crippen LogP contribution in [0.3, 0.4) is 0 Å². The molecule has 0 aromatic heterocycles. The lowest BCUT2D eigenvalue weighted by molar-refractivity contribution is -0.114. The molecule has 2 aromatic carbocycles. The number of benzene rings is 2. The Morgan fingerprint density at radius 3 is 2.28 bits per heavy atom. The predicted octanol–water partition coefficient (Wildman–Crippen LogP) is 2.03. The van der Waals surface area contributed by atoms with Crippen molar-refractivity contribution in [3.8, 4) is 0 Å². The monoisotopic (exact) mass is 593 g/mol. The first-order valence-corrected chi connectivity index (χ1v) is 14.1. The molecule has 0 unspecified atom stereocenters. The first-order chi connectivity index (χ1) is 15.0. The first kappa shape index (κ1) is 24.9. The van der Waals surface area contributed by atoms with E-state index in [1.807, 2.05) is 19.1 Å². The van der Waals surface area contributed by atoms with E-state index >= 15 is 0 Å². The van der Waals surface area contributed by atoms with E-state index in [1.54, 1.807) is 6.07 Å². The molecule has 0 spiro atoms. The van der Waals surface area contributed by atoms with Crippen molar-refractivity contribution in [2.75, 3.05) is 48.7 Å². The average Bonchev–Trinajstić information content (AvgIpc) is 2.74. The maximum absolute atomic E-state index is 12.8. The van der Waals surface area contributed by atoms with Crippen LogP contribution in [-0.2, 0) is 29.6 Å². The first-order valence-electron chi connectivity index (χ1n) is 9.70. The number of nitrogens with one attached hydrogen (secondary N) is 1. The Bertz CT molecular complexity index is 1190. The van der Waals surface area contributed by atoms with Crippen LogP contribution in [0, 0.1) is 10.5 Å². The Balaban J connectivity index is 1.79. The van der Waals surface area contributed by atoms with Gasteiger partial charge < -0.3 is 10.1 Å². The van der Waals surface area contributed by atoms with Gasteiger partial charge in [0.2, 0.25) is 26.0 Å². The number of hydrogen-bond acceptors (Lipinski definition) is 6. The van der Waals surface area contributed by atoms with Gasteiger partial charge in [0.1, 0.15) is 6.54 Å². The van der Waals surface area contributed by atoms with Crippen LogP contribution >= 0.6 is 22.6 Å². The molecule has 9 nitrogen and oxygen atoms in total. The van der Waals surface area contributed by atoms with E-state index in [0.29, 0.717) is 18.9 Å². The Hall–Kier alpha value is -1.74. The smallest absolute Gasteiger partial charge is 0.245 e. The van der Waals surface area contributed by atoms with E-state index in [2.05, 4.69) is 27.9 Å². The highest BCUT2D eigenvalue weighted by Gasteiger charge is 2.27. The quantitative estimate of drug-likeness (QED) is 0.492. The summed E-state index contributed by atoms with van der Waals surface area (Å²) in [6.07, 6.45) is 0.995. The number of aryl methyl sites for hydroxylation is 1. The molecule has 3 rings (SSSR count). The standard InChI is InChI=1S/C20H24IN3O6S2/c1-15-13-16(21)3-8-19(15)22-20(25)14-24(31(2,26)27)17-4-6-18(7-5-17)32(28,29)23-9-11-30-12-10-23/h3-8,13H,9-12,14H2,1-2H3,(H,22,25). The highest BCUT2D eigenvalue weighted by Crippen LogP contribution is 2.24. The minimum absolute atomic E-state index is 0.0514. The fourth-order valence-electron chi connectivity index (χ4n) is 3.21. The third-order valence-electron chi connectivity index (χ3n) is 4.88. The summed E-state index contributed by atoms with van der Waals surface area (Å²) < 4.78 is 58.8. The van der Waals surface area contributed by atoms with E-state index in [-0.39, 0.29) is 23.7 Å². The zero-order valence-corrected chi connectivity index (χ0v) is 21.4. The van der Waals surface area contributed by atoms with Crippen molar-refractivity contribution in [3.05, 3.63) is 51.6 Å². The number of nitrogens with zero attached hydrogens (tertiary/aromatic N) is 2. The lowest BCUT2D eigenvalue weighted by Gasteiger charge is -2.26. The number of halogens is 1. The Labute approximate surface area is 202 Å². The zero-order valence-electron chi connectivity index (χ0n) is 17.6. The third-order valence-corrected chi connectivity index (χ3v) is 8.61. The zero-order chi connectivity index (χ0) is 23.5. The SMILES string of the molecule is Cc1cc(I)ccc1NC(=O)CN(c1ccc(S(=O)(=O)N2CCOCC2)cc1)S(C)(=O)=O. The van der Waals surface area contributed by atoms with Gasteiger partial charge in [-0.2, -0.15) is 4.31 Å². The summed E-state index contributed by atoms with van der Waals surface area (Å²) in [5.41, 5.74) is 1.65. The van der Waals surface area contributed by atoms with E-state index in [9.17, 15) is 21.6 Å². The summed E-state index contributed by atoms with van der Waals surface area (Å²) in [7, 11) is -7.50. The summed E-state index contributed by atoms with van der Waals surface area (Å²) in [5.74, 6) is -0.509. The molecule has 1 amide bonds. The minimum atomic E-state index is -3.80. The van der Waals surface area contributed by atoms with E-state index in [0.717, 1.165) is 19.7 Å². The van der Waals surface area contributed by atoms with Gasteiger partial charge in [0.25, 0.3) is 0 Å². The van der Waals surface area contributed by atoms with Gasteiger partial charge in [0.05, 0.1) is 30.1 Å². The molecule has 12 heteroatoms. The normalized spacial score (nSPS) is 15.3. The summed E-state index contributed by atoms with van der Waals surface area (Å²) in [6, 6.07) is 11.0. The second-order valence-corrected chi connectivity index (χ2v) is 12.4. The number of carbonyl (C=O) groups is 1. The average molecular weight is 593 g/mol. The number of morpholine rings is 1. The lowest BCUT2D eigenvalue weighted by atomic mass is 10.2. The maximum atomic E-state index is 12.8. The Morgan fingerprint density at radius 2 is 1.72 bits per heavy atom. The van der Waals surface area contributed by atoms with Crippen molar-refractivity contribution in [2.24, 2.45) is 0 Å². The van der Waals surface area contributed by atoms with Gasteiger partial charge in [-0.25, -0.2) is 16.8 Å². The molecule has 1 saturated heterocycles. The second-order valence-electron chi connectivity index (χ2n) is 7.29.